The van der Waals surface area contributed by atoms with Gasteiger partial charge < -0.3 is 15.4 Å². The summed E-state index contributed by atoms with van der Waals surface area (Å²) in [6.07, 6.45) is 4.20. The average Bonchev–Trinajstić information content (AvgIpc) is 2.92. The summed E-state index contributed by atoms with van der Waals surface area (Å²) in [4.78, 5) is 23.3. The van der Waals surface area contributed by atoms with Gasteiger partial charge in [-0.05, 0) is 31.0 Å². The molecule has 1 aliphatic carbocycles. The molecule has 0 spiro atoms. The molecule has 5 heteroatoms. The first kappa shape index (κ1) is 12.0. The summed E-state index contributed by atoms with van der Waals surface area (Å²) in [5, 5.41) is 5.63. The lowest BCUT2D eigenvalue weighted by atomic mass is 10.1. The van der Waals surface area contributed by atoms with Gasteiger partial charge >= 0.3 is 0 Å². The Morgan fingerprint density at radius 2 is 2.11 bits per heavy atom. The van der Waals surface area contributed by atoms with E-state index < -0.39 is 0 Å². The van der Waals surface area contributed by atoms with Gasteiger partial charge in [0.25, 0.3) is 5.91 Å². The largest absolute Gasteiger partial charge is 0.482 e. The van der Waals surface area contributed by atoms with E-state index in [0.29, 0.717) is 17.1 Å². The van der Waals surface area contributed by atoms with Crippen LogP contribution in [0.15, 0.2) is 18.2 Å². The van der Waals surface area contributed by atoms with Crippen LogP contribution in [0.3, 0.4) is 0 Å². The SMILES string of the molecule is O=C1COc2ccc(NC(=O)C3CCCC3)cc2N1. The van der Waals surface area contributed by atoms with Crippen molar-refractivity contribution in [2.45, 2.75) is 25.7 Å². The van der Waals surface area contributed by atoms with Gasteiger partial charge in [-0.3, -0.25) is 9.59 Å². The number of hydrogen-bond acceptors (Lipinski definition) is 3. The molecular weight excluding hydrogens is 244 g/mol. The van der Waals surface area contributed by atoms with Gasteiger partial charge in [0.1, 0.15) is 5.75 Å². The highest BCUT2D eigenvalue weighted by atomic mass is 16.5. The van der Waals surface area contributed by atoms with Crippen molar-refractivity contribution in [2.75, 3.05) is 17.2 Å². The third-order valence-corrected chi connectivity index (χ3v) is 3.61. The Labute approximate surface area is 111 Å². The predicted molar refractivity (Wildman–Crippen MR) is 71.2 cm³/mol. The van der Waals surface area contributed by atoms with E-state index in [1.165, 1.54) is 0 Å². The maximum absolute atomic E-state index is 12.0. The molecule has 2 N–H and O–H groups in total. The Kier molecular flexibility index (Phi) is 3.11. The van der Waals surface area contributed by atoms with E-state index >= 15 is 0 Å². The Morgan fingerprint density at radius 3 is 2.89 bits per heavy atom. The summed E-state index contributed by atoms with van der Waals surface area (Å²) < 4.78 is 5.27. The number of hydrogen-bond donors (Lipinski definition) is 2. The van der Waals surface area contributed by atoms with E-state index in [0.717, 1.165) is 25.7 Å². The molecule has 1 fully saturated rings. The van der Waals surface area contributed by atoms with Crippen molar-refractivity contribution >= 4 is 23.2 Å². The first-order valence-corrected chi connectivity index (χ1v) is 6.60. The molecule has 0 unspecified atom stereocenters. The Hall–Kier alpha value is -2.04. The Morgan fingerprint density at radius 1 is 1.32 bits per heavy atom. The van der Waals surface area contributed by atoms with Crippen molar-refractivity contribution in [2.24, 2.45) is 5.92 Å². The van der Waals surface area contributed by atoms with Gasteiger partial charge in [-0.2, -0.15) is 0 Å². The van der Waals surface area contributed by atoms with Crippen LogP contribution in [0.2, 0.25) is 0 Å². The molecule has 0 atom stereocenters. The first-order valence-electron chi connectivity index (χ1n) is 6.60. The number of anilines is 2. The van der Waals surface area contributed by atoms with Gasteiger partial charge in [0.2, 0.25) is 5.91 Å². The van der Waals surface area contributed by atoms with Gasteiger partial charge in [-0.15, -0.1) is 0 Å². The van der Waals surface area contributed by atoms with Crippen molar-refractivity contribution in [3.63, 3.8) is 0 Å². The molecule has 0 saturated heterocycles. The van der Waals surface area contributed by atoms with Crippen LogP contribution in [0.25, 0.3) is 0 Å². The van der Waals surface area contributed by atoms with Gasteiger partial charge in [0, 0.05) is 11.6 Å². The normalized spacial score (nSPS) is 18.4. The molecule has 100 valence electrons. The number of rotatable bonds is 2. The van der Waals surface area contributed by atoms with Crippen LogP contribution < -0.4 is 15.4 Å². The summed E-state index contributed by atoms with van der Waals surface area (Å²) in [5.74, 6) is 0.660. The number of fused-ring (bicyclic) bond motifs is 1. The predicted octanol–water partition coefficient (Wildman–Crippen LogP) is 2.15. The molecule has 0 aromatic heterocycles. The Bertz CT molecular complexity index is 521. The molecule has 3 rings (SSSR count). The summed E-state index contributed by atoms with van der Waals surface area (Å²) >= 11 is 0. The second-order valence-corrected chi connectivity index (χ2v) is 5.02. The van der Waals surface area contributed by atoms with Crippen LogP contribution in [0.4, 0.5) is 11.4 Å². The van der Waals surface area contributed by atoms with Crippen molar-refractivity contribution in [3.05, 3.63) is 18.2 Å². The number of nitrogens with one attached hydrogen (secondary N) is 2. The van der Waals surface area contributed by atoms with E-state index in [-0.39, 0.29) is 24.3 Å². The minimum Gasteiger partial charge on any atom is -0.482 e. The fraction of sp³-hybridized carbons (Fsp3) is 0.429. The monoisotopic (exact) mass is 260 g/mol. The molecule has 1 aromatic carbocycles. The minimum absolute atomic E-state index is 0.0424. The number of carbonyl (C=O) groups is 2. The molecule has 1 heterocycles. The lowest BCUT2D eigenvalue weighted by Crippen LogP contribution is -2.25. The van der Waals surface area contributed by atoms with Crippen LogP contribution in [0.1, 0.15) is 25.7 Å². The lowest BCUT2D eigenvalue weighted by molar-refractivity contribution is -0.120. The van der Waals surface area contributed by atoms with E-state index in [4.69, 9.17) is 4.74 Å². The number of amides is 2. The standard InChI is InChI=1S/C14H16N2O3/c17-13-8-19-12-6-5-10(7-11(12)16-13)15-14(18)9-3-1-2-4-9/h5-7,9H,1-4,8H2,(H,15,18)(H,16,17). The molecule has 2 aliphatic rings. The average molecular weight is 260 g/mol. The van der Waals surface area contributed by atoms with Crippen LogP contribution in [-0.4, -0.2) is 18.4 Å². The molecule has 1 aromatic rings. The molecule has 0 bridgehead atoms. The minimum atomic E-state index is -0.174. The zero-order valence-corrected chi connectivity index (χ0v) is 10.6. The molecule has 1 saturated carbocycles. The second-order valence-electron chi connectivity index (χ2n) is 5.02. The van der Waals surface area contributed by atoms with Crippen molar-refractivity contribution in [3.8, 4) is 5.75 Å². The van der Waals surface area contributed by atoms with E-state index in [9.17, 15) is 9.59 Å². The number of ether oxygens (including phenoxy) is 1. The van der Waals surface area contributed by atoms with Crippen LogP contribution in [0, 0.1) is 5.92 Å². The van der Waals surface area contributed by atoms with Crippen LogP contribution in [-0.2, 0) is 9.59 Å². The van der Waals surface area contributed by atoms with Gasteiger partial charge in [0.05, 0.1) is 5.69 Å². The Balaban J connectivity index is 1.73. The second kappa shape index (κ2) is 4.91. The van der Waals surface area contributed by atoms with E-state index in [1.54, 1.807) is 18.2 Å². The fourth-order valence-corrected chi connectivity index (χ4v) is 2.59. The van der Waals surface area contributed by atoms with E-state index in [1.807, 2.05) is 0 Å². The highest BCUT2D eigenvalue weighted by Gasteiger charge is 2.23. The zero-order chi connectivity index (χ0) is 13.2. The third-order valence-electron chi connectivity index (χ3n) is 3.61. The fourth-order valence-electron chi connectivity index (χ4n) is 2.59. The van der Waals surface area contributed by atoms with Gasteiger partial charge in [-0.25, -0.2) is 0 Å². The van der Waals surface area contributed by atoms with Crippen molar-refractivity contribution < 1.29 is 14.3 Å². The summed E-state index contributed by atoms with van der Waals surface area (Å²) in [7, 11) is 0. The topological polar surface area (TPSA) is 67.4 Å². The van der Waals surface area contributed by atoms with Crippen LogP contribution in [0.5, 0.6) is 5.75 Å². The third kappa shape index (κ3) is 2.54. The zero-order valence-electron chi connectivity index (χ0n) is 10.6. The highest BCUT2D eigenvalue weighted by Crippen LogP contribution is 2.31. The molecule has 1 aliphatic heterocycles. The maximum atomic E-state index is 12.0. The quantitative estimate of drug-likeness (QED) is 0.856. The summed E-state index contributed by atoms with van der Waals surface area (Å²) in [6, 6.07) is 5.29. The van der Waals surface area contributed by atoms with E-state index in [2.05, 4.69) is 10.6 Å². The van der Waals surface area contributed by atoms with Crippen molar-refractivity contribution in [1.29, 1.82) is 0 Å². The molecule has 2 amide bonds. The lowest BCUT2D eigenvalue weighted by Gasteiger charge is -2.19. The molecule has 19 heavy (non-hydrogen) atoms. The summed E-state index contributed by atoms with van der Waals surface area (Å²) in [6.45, 7) is 0.0424. The van der Waals surface area contributed by atoms with Crippen molar-refractivity contribution in [1.82, 2.24) is 0 Å². The van der Waals surface area contributed by atoms with Crippen LogP contribution >= 0.6 is 0 Å². The number of benzene rings is 1. The maximum Gasteiger partial charge on any atom is 0.262 e. The molecule has 5 nitrogen and oxygen atoms in total. The number of carbonyl (C=O) groups excluding carboxylic acids is 2. The molecule has 0 radical (unpaired) electrons. The first-order chi connectivity index (χ1) is 9.22. The highest BCUT2D eigenvalue weighted by molar-refractivity contribution is 5.98. The summed E-state index contributed by atoms with van der Waals surface area (Å²) in [5.41, 5.74) is 1.31. The smallest absolute Gasteiger partial charge is 0.262 e. The van der Waals surface area contributed by atoms with Gasteiger partial charge in [0.15, 0.2) is 6.61 Å². The van der Waals surface area contributed by atoms with Gasteiger partial charge in [-0.1, -0.05) is 12.8 Å². The molecular formula is C14H16N2O3.